The van der Waals surface area contributed by atoms with E-state index in [0.29, 0.717) is 6.54 Å². The van der Waals surface area contributed by atoms with Crippen molar-refractivity contribution in [1.29, 1.82) is 0 Å². The van der Waals surface area contributed by atoms with E-state index in [-0.39, 0.29) is 12.2 Å². The van der Waals surface area contributed by atoms with Crippen molar-refractivity contribution in [3.63, 3.8) is 0 Å². The number of carbonyl (C=O) groups excluding carboxylic acids is 1. The molecule has 3 aromatic rings. The van der Waals surface area contributed by atoms with Gasteiger partial charge in [-0.25, -0.2) is 9.78 Å². The van der Waals surface area contributed by atoms with Gasteiger partial charge in [-0.2, -0.15) is 0 Å². The van der Waals surface area contributed by atoms with Gasteiger partial charge >= 0.3 is 6.09 Å². The highest BCUT2D eigenvalue weighted by Gasteiger charge is 2.30. The highest BCUT2D eigenvalue weighted by atomic mass is 16.6. The molecule has 6 nitrogen and oxygen atoms in total. The van der Waals surface area contributed by atoms with Gasteiger partial charge in [0, 0.05) is 30.1 Å². The van der Waals surface area contributed by atoms with E-state index in [1.54, 1.807) is 17.3 Å². The number of nitrogens with zero attached hydrogens (tertiary/aromatic N) is 3. The summed E-state index contributed by atoms with van der Waals surface area (Å²) in [5.74, 6) is 0.785. The summed E-state index contributed by atoms with van der Waals surface area (Å²) in [6, 6.07) is 7.78. The molecule has 0 spiro atoms. The number of cyclic esters (lactones) is 1. The molecule has 116 valence electrons. The van der Waals surface area contributed by atoms with E-state index < -0.39 is 0 Å². The van der Waals surface area contributed by atoms with Crippen LogP contribution in [0, 0.1) is 0 Å². The van der Waals surface area contributed by atoms with E-state index in [0.717, 1.165) is 33.7 Å². The van der Waals surface area contributed by atoms with E-state index in [2.05, 4.69) is 15.0 Å². The molecule has 1 aromatic carbocycles. The number of hydrogen-bond donors (Lipinski definition) is 1. The lowest BCUT2D eigenvalue weighted by molar-refractivity contribution is 0.108. The summed E-state index contributed by atoms with van der Waals surface area (Å²) in [5.41, 5.74) is 4.59. The third-order valence-electron chi connectivity index (χ3n) is 4.13. The maximum absolute atomic E-state index is 12.0. The van der Waals surface area contributed by atoms with Gasteiger partial charge in [-0.15, -0.1) is 0 Å². The van der Waals surface area contributed by atoms with Crippen LogP contribution < -0.4 is 4.90 Å². The van der Waals surface area contributed by atoms with Gasteiger partial charge in [0.25, 0.3) is 0 Å². The average molecular weight is 308 g/mol. The van der Waals surface area contributed by atoms with Gasteiger partial charge in [-0.1, -0.05) is 0 Å². The summed E-state index contributed by atoms with van der Waals surface area (Å²) >= 11 is 0. The number of rotatable bonds is 2. The number of aromatic nitrogens is 3. The molecule has 1 atom stereocenters. The minimum absolute atomic E-state index is 0.266. The van der Waals surface area contributed by atoms with Crippen molar-refractivity contribution < 1.29 is 9.53 Å². The number of benzene rings is 1. The Morgan fingerprint density at radius 2 is 2.09 bits per heavy atom. The molecule has 1 N–H and O–H groups in total. The van der Waals surface area contributed by atoms with Crippen molar-refractivity contribution in [1.82, 2.24) is 15.0 Å². The molecule has 0 radical (unpaired) electrons. The van der Waals surface area contributed by atoms with Crippen molar-refractivity contribution in [2.45, 2.75) is 20.0 Å². The number of H-pyrrole nitrogens is 1. The number of nitrogens with one attached hydrogen (secondary N) is 1. The third kappa shape index (κ3) is 2.14. The van der Waals surface area contributed by atoms with Crippen molar-refractivity contribution >= 4 is 22.8 Å². The molecule has 4 rings (SSSR count). The second-order valence-electron chi connectivity index (χ2n) is 5.52. The minimum Gasteiger partial charge on any atom is -0.441 e. The van der Waals surface area contributed by atoms with Crippen LogP contribution in [0.2, 0.25) is 0 Å². The zero-order valence-electron chi connectivity index (χ0n) is 12.9. The largest absolute Gasteiger partial charge is 0.441 e. The average Bonchev–Trinajstić information content (AvgIpc) is 2.98. The molecule has 6 heteroatoms. The molecule has 3 heterocycles. The second kappa shape index (κ2) is 5.08. The normalized spacial score (nSPS) is 17.2. The van der Waals surface area contributed by atoms with E-state index >= 15 is 0 Å². The van der Waals surface area contributed by atoms with Crippen molar-refractivity contribution in [3.8, 4) is 11.4 Å². The van der Waals surface area contributed by atoms with Gasteiger partial charge in [0.15, 0.2) is 0 Å². The van der Waals surface area contributed by atoms with Gasteiger partial charge < -0.3 is 9.72 Å². The number of pyridine rings is 1. The number of fused-ring (bicyclic) bond motifs is 2. The first-order chi connectivity index (χ1) is 11.2. The van der Waals surface area contributed by atoms with E-state index in [9.17, 15) is 4.79 Å². The number of hydrogen-bond acceptors (Lipinski definition) is 4. The molecular weight excluding hydrogens is 292 g/mol. The number of anilines is 1. The summed E-state index contributed by atoms with van der Waals surface area (Å²) in [4.78, 5) is 25.7. The molecule has 0 aliphatic carbocycles. The Bertz CT molecular complexity index is 888. The van der Waals surface area contributed by atoms with Crippen molar-refractivity contribution in [2.75, 3.05) is 11.4 Å². The summed E-state index contributed by atoms with van der Waals surface area (Å²) in [5, 5.41) is 0. The lowest BCUT2D eigenvalue weighted by Gasteiger charge is -2.31. The molecule has 0 bridgehead atoms. The lowest BCUT2D eigenvalue weighted by Crippen LogP contribution is -2.36. The molecule has 1 aliphatic heterocycles. The summed E-state index contributed by atoms with van der Waals surface area (Å²) in [7, 11) is 0. The lowest BCUT2D eigenvalue weighted by atomic mass is 10.0. The predicted molar refractivity (Wildman–Crippen MR) is 87.2 cm³/mol. The number of imidazole rings is 1. The SMILES string of the molecule is CCN1C(=O)OC(C)c2cc3[nH]c(-c4ccncc4)nc3cc21. The molecule has 1 unspecified atom stereocenters. The first-order valence-electron chi connectivity index (χ1n) is 7.59. The highest BCUT2D eigenvalue weighted by Crippen LogP contribution is 2.37. The van der Waals surface area contributed by atoms with E-state index in [1.165, 1.54) is 0 Å². The maximum atomic E-state index is 12.0. The molecule has 0 fully saturated rings. The number of aromatic amines is 1. The Kier molecular flexibility index (Phi) is 3.04. The molecule has 2 aromatic heterocycles. The Balaban J connectivity index is 1.89. The molecule has 1 amide bonds. The quantitative estimate of drug-likeness (QED) is 0.784. The first-order valence-corrected chi connectivity index (χ1v) is 7.59. The number of amides is 1. The molecule has 1 aliphatic rings. The molecule has 0 saturated carbocycles. The number of ether oxygens (including phenoxy) is 1. The van der Waals surface area contributed by atoms with Crippen LogP contribution in [-0.4, -0.2) is 27.6 Å². The zero-order valence-corrected chi connectivity index (χ0v) is 12.9. The minimum atomic E-state index is -0.309. The smallest absolute Gasteiger partial charge is 0.414 e. The monoisotopic (exact) mass is 308 g/mol. The van der Waals surface area contributed by atoms with E-state index in [1.807, 2.05) is 38.1 Å². The topological polar surface area (TPSA) is 71.1 Å². The Labute approximate surface area is 133 Å². The first kappa shape index (κ1) is 13.8. The molecular formula is C17H16N4O2. The number of carbonyl (C=O) groups is 1. The summed E-state index contributed by atoms with van der Waals surface area (Å²) < 4.78 is 5.40. The Morgan fingerprint density at radius 3 is 2.83 bits per heavy atom. The summed E-state index contributed by atoms with van der Waals surface area (Å²) in [6.45, 7) is 4.37. The fourth-order valence-corrected chi connectivity index (χ4v) is 2.94. The van der Waals surface area contributed by atoms with Crippen LogP contribution in [0.1, 0.15) is 25.5 Å². The predicted octanol–water partition coefficient (Wildman–Crippen LogP) is 3.66. The van der Waals surface area contributed by atoms with Gasteiger partial charge in [0.05, 0.1) is 16.7 Å². The van der Waals surface area contributed by atoms with Crippen LogP contribution in [0.25, 0.3) is 22.4 Å². The van der Waals surface area contributed by atoms with Crippen molar-refractivity contribution in [2.24, 2.45) is 0 Å². The van der Waals surface area contributed by atoms with Gasteiger partial charge in [-0.3, -0.25) is 9.88 Å². The Morgan fingerprint density at radius 1 is 1.30 bits per heavy atom. The highest BCUT2D eigenvalue weighted by molar-refractivity contribution is 5.95. The standard InChI is InChI=1S/C17H16N4O2/c1-3-21-15-9-14-13(8-12(15)10(2)23-17(21)22)19-16(20-14)11-4-6-18-7-5-11/h4-10H,3H2,1-2H3,(H,19,20). The van der Waals surface area contributed by atoms with Crippen LogP contribution in [0.15, 0.2) is 36.7 Å². The Hall–Kier alpha value is -2.89. The maximum Gasteiger partial charge on any atom is 0.414 e. The van der Waals surface area contributed by atoms with Crippen LogP contribution in [0.4, 0.5) is 10.5 Å². The zero-order chi connectivity index (χ0) is 16.0. The third-order valence-corrected chi connectivity index (χ3v) is 4.13. The van der Waals surface area contributed by atoms with Gasteiger partial charge in [0.1, 0.15) is 11.9 Å². The fraction of sp³-hybridized carbons (Fsp3) is 0.235. The van der Waals surface area contributed by atoms with E-state index in [4.69, 9.17) is 4.74 Å². The van der Waals surface area contributed by atoms with Crippen LogP contribution >= 0.6 is 0 Å². The van der Waals surface area contributed by atoms with Gasteiger partial charge in [-0.05, 0) is 38.1 Å². The summed E-state index contributed by atoms with van der Waals surface area (Å²) in [6.07, 6.45) is 2.90. The second-order valence-corrected chi connectivity index (χ2v) is 5.52. The van der Waals surface area contributed by atoms with Crippen molar-refractivity contribution in [3.05, 3.63) is 42.2 Å². The van der Waals surface area contributed by atoms with Crippen LogP contribution in [0.5, 0.6) is 0 Å². The van der Waals surface area contributed by atoms with Crippen LogP contribution in [-0.2, 0) is 4.74 Å². The van der Waals surface area contributed by atoms with Crippen LogP contribution in [0.3, 0.4) is 0 Å². The van der Waals surface area contributed by atoms with Gasteiger partial charge in [0.2, 0.25) is 0 Å². The fourth-order valence-electron chi connectivity index (χ4n) is 2.94. The molecule has 0 saturated heterocycles. The molecule has 23 heavy (non-hydrogen) atoms.